The van der Waals surface area contributed by atoms with Crippen LogP contribution in [0.2, 0.25) is 5.02 Å². The molecule has 9 heteroatoms. The Hall–Kier alpha value is -2.87. The molecule has 152 valence electrons. The summed E-state index contributed by atoms with van der Waals surface area (Å²) in [5.74, 6) is 0.221. The molecule has 0 amide bonds. The summed E-state index contributed by atoms with van der Waals surface area (Å²) < 4.78 is 38.3. The van der Waals surface area contributed by atoms with Gasteiger partial charge in [0.1, 0.15) is 0 Å². The molecule has 0 spiro atoms. The standard InChI is InChI=1S/C20H19ClF3N5/c1-11-5-6-29(19-27-8-13(9-28-19)20(22,23)24)10-16(11)12(2)14-3-4-17(21)18(26)15(14)7-25/h3-4,7-9,25H,1,5-6,10,26H2,2H3/b16-12+,25-7?. The zero-order chi connectivity index (χ0) is 21.3. The Labute approximate surface area is 171 Å². The minimum atomic E-state index is -4.48. The van der Waals surface area contributed by atoms with E-state index in [9.17, 15) is 13.2 Å². The molecule has 0 aliphatic carbocycles. The summed E-state index contributed by atoms with van der Waals surface area (Å²) in [4.78, 5) is 9.58. The number of aromatic nitrogens is 2. The summed E-state index contributed by atoms with van der Waals surface area (Å²) in [6.45, 7) is 6.95. The van der Waals surface area contributed by atoms with Crippen molar-refractivity contribution in [1.82, 2.24) is 9.97 Å². The Morgan fingerprint density at radius 2 is 1.97 bits per heavy atom. The van der Waals surface area contributed by atoms with E-state index in [0.29, 0.717) is 35.8 Å². The number of nitrogens with zero attached hydrogens (tertiary/aromatic N) is 3. The van der Waals surface area contributed by atoms with E-state index in [1.54, 1.807) is 17.0 Å². The number of nitrogen functional groups attached to an aromatic ring is 1. The minimum Gasteiger partial charge on any atom is -0.397 e. The van der Waals surface area contributed by atoms with Gasteiger partial charge < -0.3 is 16.0 Å². The van der Waals surface area contributed by atoms with Gasteiger partial charge in [0, 0.05) is 37.3 Å². The molecule has 1 aromatic carbocycles. The third-order valence-corrected chi connectivity index (χ3v) is 5.27. The van der Waals surface area contributed by atoms with Crippen LogP contribution in [0.5, 0.6) is 0 Å². The summed E-state index contributed by atoms with van der Waals surface area (Å²) in [5, 5.41) is 8.06. The van der Waals surface area contributed by atoms with Crippen molar-refractivity contribution in [2.24, 2.45) is 0 Å². The van der Waals surface area contributed by atoms with Crippen LogP contribution >= 0.6 is 11.6 Å². The Balaban J connectivity index is 1.97. The highest BCUT2D eigenvalue weighted by molar-refractivity contribution is 6.33. The second-order valence-corrected chi connectivity index (χ2v) is 7.12. The predicted octanol–water partition coefficient (Wildman–Crippen LogP) is 4.97. The molecule has 29 heavy (non-hydrogen) atoms. The molecule has 0 radical (unpaired) electrons. The van der Waals surface area contributed by atoms with Gasteiger partial charge >= 0.3 is 6.18 Å². The van der Waals surface area contributed by atoms with Crippen molar-refractivity contribution in [1.29, 1.82) is 5.41 Å². The van der Waals surface area contributed by atoms with Gasteiger partial charge in [0.05, 0.1) is 16.3 Å². The lowest BCUT2D eigenvalue weighted by Gasteiger charge is -2.32. The summed E-state index contributed by atoms with van der Waals surface area (Å²) in [7, 11) is 0. The van der Waals surface area contributed by atoms with Crippen LogP contribution in [0.15, 0.2) is 42.3 Å². The highest BCUT2D eigenvalue weighted by Crippen LogP contribution is 2.35. The van der Waals surface area contributed by atoms with Crippen molar-refractivity contribution < 1.29 is 13.2 Å². The average Bonchev–Trinajstić information content (AvgIpc) is 2.69. The van der Waals surface area contributed by atoms with Crippen LogP contribution in [0.25, 0.3) is 5.57 Å². The Bertz CT molecular complexity index is 996. The van der Waals surface area contributed by atoms with E-state index in [4.69, 9.17) is 22.7 Å². The van der Waals surface area contributed by atoms with Crippen LogP contribution in [0.3, 0.4) is 0 Å². The zero-order valence-corrected chi connectivity index (χ0v) is 16.4. The van der Waals surface area contributed by atoms with Crippen LogP contribution in [0, 0.1) is 5.41 Å². The van der Waals surface area contributed by atoms with Gasteiger partial charge in [-0.05, 0) is 41.7 Å². The van der Waals surface area contributed by atoms with Crippen LogP contribution in [-0.2, 0) is 6.18 Å². The second kappa shape index (κ2) is 7.87. The van der Waals surface area contributed by atoms with Gasteiger partial charge in [-0.3, -0.25) is 0 Å². The Morgan fingerprint density at radius 1 is 1.31 bits per heavy atom. The van der Waals surface area contributed by atoms with E-state index in [-0.39, 0.29) is 5.95 Å². The zero-order valence-electron chi connectivity index (χ0n) is 15.6. The monoisotopic (exact) mass is 421 g/mol. The molecule has 0 saturated carbocycles. The number of alkyl halides is 3. The molecule has 1 aliphatic rings. The maximum absolute atomic E-state index is 12.8. The molecule has 0 bridgehead atoms. The number of rotatable bonds is 3. The number of hydrogen-bond acceptors (Lipinski definition) is 5. The van der Waals surface area contributed by atoms with E-state index in [1.807, 2.05) is 6.92 Å². The first-order valence-electron chi connectivity index (χ1n) is 8.74. The average molecular weight is 422 g/mol. The topological polar surface area (TPSA) is 78.9 Å². The number of anilines is 2. The minimum absolute atomic E-state index is 0.221. The quantitative estimate of drug-likeness (QED) is 0.541. The van der Waals surface area contributed by atoms with Crippen molar-refractivity contribution in [2.45, 2.75) is 19.5 Å². The first kappa shape index (κ1) is 20.9. The van der Waals surface area contributed by atoms with Gasteiger partial charge in [-0.2, -0.15) is 13.2 Å². The molecular weight excluding hydrogens is 403 g/mol. The maximum Gasteiger partial charge on any atom is 0.419 e. The molecule has 0 atom stereocenters. The smallest absolute Gasteiger partial charge is 0.397 e. The number of hydrogen-bond donors (Lipinski definition) is 2. The lowest BCUT2D eigenvalue weighted by molar-refractivity contribution is -0.138. The van der Waals surface area contributed by atoms with Crippen molar-refractivity contribution in [3.05, 3.63) is 64.0 Å². The molecular formula is C20H19ClF3N5. The van der Waals surface area contributed by atoms with Gasteiger partial charge in [0.2, 0.25) is 5.95 Å². The first-order chi connectivity index (χ1) is 13.6. The summed E-state index contributed by atoms with van der Waals surface area (Å²) >= 11 is 6.06. The number of halogens is 4. The van der Waals surface area contributed by atoms with Crippen molar-refractivity contribution in [2.75, 3.05) is 23.7 Å². The largest absolute Gasteiger partial charge is 0.419 e. The maximum atomic E-state index is 12.8. The lowest BCUT2D eigenvalue weighted by Crippen LogP contribution is -2.34. The fraction of sp³-hybridized carbons (Fsp3) is 0.250. The summed E-state index contributed by atoms with van der Waals surface area (Å²) in [6.07, 6.45) is -1.14. The van der Waals surface area contributed by atoms with Gasteiger partial charge in [0.25, 0.3) is 0 Å². The number of piperidine rings is 1. The van der Waals surface area contributed by atoms with Gasteiger partial charge in [0.15, 0.2) is 0 Å². The van der Waals surface area contributed by atoms with E-state index >= 15 is 0 Å². The third kappa shape index (κ3) is 4.12. The molecule has 0 unspecified atom stereocenters. The van der Waals surface area contributed by atoms with Crippen molar-refractivity contribution in [3.63, 3.8) is 0 Å². The Kier molecular flexibility index (Phi) is 5.66. The molecule has 1 aliphatic heterocycles. The van der Waals surface area contributed by atoms with Crippen LogP contribution in [0.1, 0.15) is 30.0 Å². The molecule has 1 aromatic heterocycles. The van der Waals surface area contributed by atoms with Crippen molar-refractivity contribution >= 4 is 35.0 Å². The molecule has 2 aromatic rings. The number of allylic oxidation sites excluding steroid dienone is 1. The molecule has 1 fully saturated rings. The molecule has 2 heterocycles. The van der Waals surface area contributed by atoms with E-state index < -0.39 is 11.7 Å². The predicted molar refractivity (Wildman–Crippen MR) is 109 cm³/mol. The molecule has 3 N–H and O–H groups in total. The van der Waals surface area contributed by atoms with E-state index in [1.165, 1.54) is 0 Å². The van der Waals surface area contributed by atoms with Crippen LogP contribution < -0.4 is 10.6 Å². The fourth-order valence-electron chi connectivity index (χ4n) is 3.24. The number of nitrogens with two attached hydrogens (primary N) is 1. The molecule has 1 saturated heterocycles. The van der Waals surface area contributed by atoms with E-state index in [2.05, 4.69) is 16.5 Å². The molecule has 3 rings (SSSR count). The van der Waals surface area contributed by atoms with Gasteiger partial charge in [-0.15, -0.1) is 0 Å². The molecule has 5 nitrogen and oxygen atoms in total. The SMILES string of the molecule is C=C1CCN(c2ncc(C(F)(F)F)cn2)C/C1=C(/C)c1ccc(Cl)c(N)c1C=N. The lowest BCUT2D eigenvalue weighted by atomic mass is 9.89. The van der Waals surface area contributed by atoms with Crippen LogP contribution in [-0.4, -0.2) is 29.3 Å². The summed E-state index contributed by atoms with van der Waals surface area (Å²) in [5.41, 5.74) is 9.41. The highest BCUT2D eigenvalue weighted by Gasteiger charge is 2.32. The first-order valence-corrected chi connectivity index (χ1v) is 9.12. The van der Waals surface area contributed by atoms with Crippen LogP contribution in [0.4, 0.5) is 24.8 Å². The third-order valence-electron chi connectivity index (χ3n) is 4.94. The Morgan fingerprint density at radius 3 is 2.55 bits per heavy atom. The summed E-state index contributed by atoms with van der Waals surface area (Å²) in [6, 6.07) is 3.47. The number of nitrogens with one attached hydrogen (secondary N) is 1. The van der Waals surface area contributed by atoms with Gasteiger partial charge in [-0.25, -0.2) is 9.97 Å². The number of benzene rings is 1. The van der Waals surface area contributed by atoms with Gasteiger partial charge in [-0.1, -0.05) is 24.2 Å². The normalized spacial score (nSPS) is 16.7. The second-order valence-electron chi connectivity index (χ2n) is 6.71. The van der Waals surface area contributed by atoms with E-state index in [0.717, 1.165) is 40.9 Å². The fourth-order valence-corrected chi connectivity index (χ4v) is 3.41. The van der Waals surface area contributed by atoms with Crippen molar-refractivity contribution in [3.8, 4) is 0 Å². The highest BCUT2D eigenvalue weighted by atomic mass is 35.5.